The fourth-order valence-electron chi connectivity index (χ4n) is 1.51. The van der Waals surface area contributed by atoms with Gasteiger partial charge in [-0.1, -0.05) is 0 Å². The van der Waals surface area contributed by atoms with Gasteiger partial charge in [-0.25, -0.2) is 4.79 Å². The molecule has 0 aromatic heterocycles. The molecule has 0 radical (unpaired) electrons. The molecule has 0 aliphatic carbocycles. The summed E-state index contributed by atoms with van der Waals surface area (Å²) in [6, 6.07) is -0.747. The summed E-state index contributed by atoms with van der Waals surface area (Å²) in [6.45, 7) is 3.02. The SMILES string of the molecule is CC(C(=O)O)N(C)C(=O)C1CCNC1. The van der Waals surface area contributed by atoms with Gasteiger partial charge >= 0.3 is 5.97 Å². The van der Waals surface area contributed by atoms with Crippen LogP contribution in [0, 0.1) is 5.92 Å². The van der Waals surface area contributed by atoms with Crippen molar-refractivity contribution in [2.24, 2.45) is 5.92 Å². The molecule has 1 amide bonds. The number of amides is 1. The number of nitrogens with zero attached hydrogens (tertiary/aromatic N) is 1. The van der Waals surface area contributed by atoms with E-state index in [1.54, 1.807) is 7.05 Å². The minimum absolute atomic E-state index is 0.0539. The Morgan fingerprint density at radius 3 is 2.64 bits per heavy atom. The third-order valence-electron chi connectivity index (χ3n) is 2.70. The van der Waals surface area contributed by atoms with Gasteiger partial charge in [-0.3, -0.25) is 4.79 Å². The van der Waals surface area contributed by atoms with Crippen LogP contribution < -0.4 is 5.32 Å². The standard InChI is InChI=1S/C9H16N2O3/c1-6(9(13)14)11(2)8(12)7-3-4-10-5-7/h6-7,10H,3-5H2,1-2H3,(H,13,14). The van der Waals surface area contributed by atoms with Crippen LogP contribution in [0.5, 0.6) is 0 Å². The Kier molecular flexibility index (Phi) is 3.46. The molecule has 14 heavy (non-hydrogen) atoms. The van der Waals surface area contributed by atoms with Gasteiger partial charge in [0.05, 0.1) is 5.92 Å². The fraction of sp³-hybridized carbons (Fsp3) is 0.778. The van der Waals surface area contributed by atoms with Crippen molar-refractivity contribution in [1.82, 2.24) is 10.2 Å². The lowest BCUT2D eigenvalue weighted by Gasteiger charge is -2.24. The summed E-state index contributed by atoms with van der Waals surface area (Å²) in [7, 11) is 1.54. The zero-order valence-electron chi connectivity index (χ0n) is 8.49. The summed E-state index contributed by atoms with van der Waals surface area (Å²) in [4.78, 5) is 23.7. The maximum atomic E-state index is 11.7. The highest BCUT2D eigenvalue weighted by Crippen LogP contribution is 2.12. The predicted molar refractivity (Wildman–Crippen MR) is 50.8 cm³/mol. The second kappa shape index (κ2) is 4.41. The van der Waals surface area contributed by atoms with Crippen molar-refractivity contribution < 1.29 is 14.7 Å². The Balaban J connectivity index is 2.54. The highest BCUT2D eigenvalue weighted by Gasteiger charge is 2.29. The molecule has 2 unspecified atom stereocenters. The largest absolute Gasteiger partial charge is 0.480 e. The number of nitrogens with one attached hydrogen (secondary N) is 1. The van der Waals surface area contributed by atoms with Crippen LogP contribution in [0.3, 0.4) is 0 Å². The monoisotopic (exact) mass is 200 g/mol. The quantitative estimate of drug-likeness (QED) is 0.646. The molecule has 1 rings (SSSR count). The minimum atomic E-state index is -0.966. The molecular weight excluding hydrogens is 184 g/mol. The number of hydrogen-bond donors (Lipinski definition) is 2. The van der Waals surface area contributed by atoms with Gasteiger partial charge in [0, 0.05) is 13.6 Å². The molecule has 0 saturated carbocycles. The number of rotatable bonds is 3. The molecular formula is C9H16N2O3. The summed E-state index contributed by atoms with van der Waals surface area (Å²) in [5.74, 6) is -1.10. The second-order valence-electron chi connectivity index (χ2n) is 3.65. The number of carbonyl (C=O) groups is 2. The molecule has 5 heteroatoms. The Labute approximate surface area is 83.1 Å². The van der Waals surface area contributed by atoms with Crippen LogP contribution in [0.25, 0.3) is 0 Å². The van der Waals surface area contributed by atoms with Crippen LogP contribution in [0.15, 0.2) is 0 Å². The number of aliphatic carboxylic acids is 1. The lowest BCUT2D eigenvalue weighted by Crippen LogP contribution is -2.43. The maximum Gasteiger partial charge on any atom is 0.326 e. The molecule has 1 aliphatic heterocycles. The summed E-state index contributed by atoms with van der Waals surface area (Å²) in [5.41, 5.74) is 0. The molecule has 1 heterocycles. The second-order valence-corrected chi connectivity index (χ2v) is 3.65. The minimum Gasteiger partial charge on any atom is -0.480 e. The molecule has 2 atom stereocenters. The molecule has 0 bridgehead atoms. The molecule has 1 saturated heterocycles. The molecule has 80 valence electrons. The van der Waals surface area contributed by atoms with Crippen LogP contribution in [0.2, 0.25) is 0 Å². The van der Waals surface area contributed by atoms with Gasteiger partial charge < -0.3 is 15.3 Å². The smallest absolute Gasteiger partial charge is 0.326 e. The lowest BCUT2D eigenvalue weighted by molar-refractivity contribution is -0.149. The van der Waals surface area contributed by atoms with E-state index in [4.69, 9.17) is 5.11 Å². The van der Waals surface area contributed by atoms with E-state index in [1.807, 2.05) is 0 Å². The van der Waals surface area contributed by atoms with Crippen LogP contribution in [-0.2, 0) is 9.59 Å². The van der Waals surface area contributed by atoms with Crippen LogP contribution in [0.4, 0.5) is 0 Å². The van der Waals surface area contributed by atoms with E-state index in [0.717, 1.165) is 13.0 Å². The van der Waals surface area contributed by atoms with Crippen LogP contribution in [0.1, 0.15) is 13.3 Å². The first-order valence-corrected chi connectivity index (χ1v) is 4.74. The first-order chi connectivity index (χ1) is 6.54. The van der Waals surface area contributed by atoms with Crippen molar-refractivity contribution in [2.75, 3.05) is 20.1 Å². The average molecular weight is 200 g/mol. The Bertz CT molecular complexity index is 236. The summed E-state index contributed by atoms with van der Waals surface area (Å²) < 4.78 is 0. The van der Waals surface area contributed by atoms with E-state index >= 15 is 0 Å². The third kappa shape index (κ3) is 2.23. The molecule has 0 spiro atoms. The van der Waals surface area contributed by atoms with Gasteiger partial charge in [-0.05, 0) is 19.9 Å². The van der Waals surface area contributed by atoms with Crippen LogP contribution >= 0.6 is 0 Å². The van der Waals surface area contributed by atoms with Crippen molar-refractivity contribution in [3.63, 3.8) is 0 Å². The molecule has 0 aromatic rings. The van der Waals surface area contributed by atoms with Crippen molar-refractivity contribution in [3.8, 4) is 0 Å². The summed E-state index contributed by atoms with van der Waals surface area (Å²) >= 11 is 0. The number of carboxylic acid groups (broad SMARTS) is 1. The molecule has 1 aliphatic rings. The Morgan fingerprint density at radius 1 is 1.57 bits per heavy atom. The topological polar surface area (TPSA) is 69.6 Å². The van der Waals surface area contributed by atoms with Gasteiger partial charge in [0.2, 0.25) is 5.91 Å². The zero-order chi connectivity index (χ0) is 10.7. The highest BCUT2D eigenvalue weighted by atomic mass is 16.4. The highest BCUT2D eigenvalue weighted by molar-refractivity contribution is 5.84. The fourth-order valence-corrected chi connectivity index (χ4v) is 1.51. The normalized spacial score (nSPS) is 23.1. The number of carbonyl (C=O) groups excluding carboxylic acids is 1. The molecule has 5 nitrogen and oxygen atoms in total. The van der Waals surface area contributed by atoms with E-state index in [-0.39, 0.29) is 11.8 Å². The lowest BCUT2D eigenvalue weighted by atomic mass is 10.1. The van der Waals surface area contributed by atoms with Crippen molar-refractivity contribution in [1.29, 1.82) is 0 Å². The number of likely N-dealkylation sites (N-methyl/N-ethyl adjacent to an activating group) is 1. The Hall–Kier alpha value is -1.10. The zero-order valence-corrected chi connectivity index (χ0v) is 8.49. The molecule has 0 aromatic carbocycles. The van der Waals surface area contributed by atoms with Gasteiger partial charge in [0.25, 0.3) is 0 Å². The summed E-state index contributed by atoms with van der Waals surface area (Å²) in [5, 5.41) is 11.8. The van der Waals surface area contributed by atoms with E-state index in [1.165, 1.54) is 11.8 Å². The van der Waals surface area contributed by atoms with E-state index in [2.05, 4.69) is 5.32 Å². The summed E-state index contributed by atoms with van der Waals surface area (Å²) in [6.07, 6.45) is 0.801. The third-order valence-corrected chi connectivity index (χ3v) is 2.70. The average Bonchev–Trinajstić information content (AvgIpc) is 2.67. The van der Waals surface area contributed by atoms with Gasteiger partial charge in [-0.2, -0.15) is 0 Å². The van der Waals surface area contributed by atoms with Crippen molar-refractivity contribution in [3.05, 3.63) is 0 Å². The van der Waals surface area contributed by atoms with Gasteiger partial charge in [0.15, 0.2) is 0 Å². The van der Waals surface area contributed by atoms with Gasteiger partial charge in [-0.15, -0.1) is 0 Å². The number of hydrogen-bond acceptors (Lipinski definition) is 3. The van der Waals surface area contributed by atoms with Crippen LogP contribution in [-0.4, -0.2) is 48.1 Å². The van der Waals surface area contributed by atoms with E-state index < -0.39 is 12.0 Å². The Morgan fingerprint density at radius 2 is 2.21 bits per heavy atom. The predicted octanol–water partition coefficient (Wildman–Crippen LogP) is -0.473. The van der Waals surface area contributed by atoms with Crippen molar-refractivity contribution >= 4 is 11.9 Å². The van der Waals surface area contributed by atoms with E-state index in [0.29, 0.717) is 6.54 Å². The first-order valence-electron chi connectivity index (χ1n) is 4.74. The van der Waals surface area contributed by atoms with Crippen molar-refractivity contribution in [2.45, 2.75) is 19.4 Å². The molecule has 2 N–H and O–H groups in total. The van der Waals surface area contributed by atoms with E-state index in [9.17, 15) is 9.59 Å². The molecule has 1 fully saturated rings. The first kappa shape index (κ1) is 11.0. The number of carboxylic acids is 1. The van der Waals surface area contributed by atoms with Gasteiger partial charge in [0.1, 0.15) is 6.04 Å². The maximum absolute atomic E-state index is 11.7.